The number of nitrogens with one attached hydrogen (secondary N) is 1. The molecule has 0 aliphatic heterocycles. The van der Waals surface area contributed by atoms with Gasteiger partial charge in [-0.1, -0.05) is 0 Å². The summed E-state index contributed by atoms with van der Waals surface area (Å²) in [6.07, 6.45) is 0. The lowest BCUT2D eigenvalue weighted by Gasteiger charge is -2.18. The summed E-state index contributed by atoms with van der Waals surface area (Å²) in [4.78, 5) is 22.3. The summed E-state index contributed by atoms with van der Waals surface area (Å²) in [5.41, 5.74) is 1.63. The van der Waals surface area contributed by atoms with Crippen molar-refractivity contribution in [1.82, 2.24) is 0 Å². The molecule has 0 aromatic heterocycles. The van der Waals surface area contributed by atoms with Gasteiger partial charge in [0.25, 0.3) is 0 Å². The van der Waals surface area contributed by atoms with Gasteiger partial charge in [-0.3, -0.25) is 9.59 Å². The third-order valence-corrected chi connectivity index (χ3v) is 5.39. The predicted molar refractivity (Wildman–Crippen MR) is 99.8 cm³/mol. The second kappa shape index (κ2) is 7.38. The number of hydrogen-bond acceptors (Lipinski definition) is 3. The van der Waals surface area contributed by atoms with Gasteiger partial charge in [0.05, 0.1) is 18.2 Å². The Hall–Kier alpha value is 0.350. The molecule has 0 aliphatic rings. The molecule has 7 heteroatoms. The van der Waals surface area contributed by atoms with E-state index in [4.69, 9.17) is 0 Å². The van der Waals surface area contributed by atoms with Crippen LogP contribution in [-0.2, 0) is 9.59 Å². The van der Waals surface area contributed by atoms with Crippen LogP contribution in [0.25, 0.3) is 0 Å². The van der Waals surface area contributed by atoms with Gasteiger partial charge >= 0.3 is 5.97 Å². The summed E-state index contributed by atoms with van der Waals surface area (Å²) in [6, 6.07) is 1.93. The van der Waals surface area contributed by atoms with Crippen molar-refractivity contribution in [2.75, 3.05) is 11.9 Å². The number of aliphatic carboxylic acids is 1. The Morgan fingerprint density at radius 2 is 1.89 bits per heavy atom. The highest BCUT2D eigenvalue weighted by Gasteiger charge is 2.23. The minimum absolute atomic E-state index is 0.0398. The zero-order chi connectivity index (χ0) is 14.7. The number of carboxylic acid groups (broad SMARTS) is 1. The highest BCUT2D eigenvalue weighted by molar-refractivity contribution is 14.1. The van der Waals surface area contributed by atoms with E-state index >= 15 is 0 Å². The Labute approximate surface area is 152 Å². The van der Waals surface area contributed by atoms with Crippen LogP contribution in [0, 0.1) is 10.7 Å². The van der Waals surface area contributed by atoms with Gasteiger partial charge in [-0.25, -0.2) is 0 Å². The van der Waals surface area contributed by atoms with Gasteiger partial charge in [0.15, 0.2) is 0 Å². The molecule has 1 aromatic rings. The van der Waals surface area contributed by atoms with Crippen LogP contribution in [0.3, 0.4) is 0 Å². The summed E-state index contributed by atoms with van der Waals surface area (Å²) in [5, 5.41) is 12.3. The Bertz CT molecular complexity index is 531. The van der Waals surface area contributed by atoms with Crippen LogP contribution in [0.1, 0.15) is 25.3 Å². The van der Waals surface area contributed by atoms with E-state index in [1.165, 1.54) is 6.92 Å². The Morgan fingerprint density at radius 3 is 2.37 bits per heavy atom. The SMILES string of the molecule is CC(=O)CNc1c(I)cc(I)c(C(C)C(=O)O)c1I. The minimum atomic E-state index is -0.852. The number of carbonyl (C=O) groups excluding carboxylic acids is 1. The number of hydrogen-bond donors (Lipinski definition) is 2. The smallest absolute Gasteiger partial charge is 0.310 e. The molecular weight excluding hydrogens is 587 g/mol. The van der Waals surface area contributed by atoms with Gasteiger partial charge in [-0.15, -0.1) is 0 Å². The summed E-state index contributed by atoms with van der Waals surface area (Å²) in [7, 11) is 0. The van der Waals surface area contributed by atoms with E-state index in [2.05, 4.69) is 73.1 Å². The first-order chi connectivity index (χ1) is 8.75. The van der Waals surface area contributed by atoms with Crippen molar-refractivity contribution >= 4 is 85.2 Å². The monoisotopic (exact) mass is 599 g/mol. The number of benzene rings is 1. The molecule has 2 N–H and O–H groups in total. The van der Waals surface area contributed by atoms with Gasteiger partial charge in [0, 0.05) is 10.7 Å². The number of Topliss-reactive ketones (excluding diaryl/α,β-unsaturated/α-hetero) is 1. The Balaban J connectivity index is 3.29. The van der Waals surface area contributed by atoms with Crippen LogP contribution >= 0.6 is 67.8 Å². The number of halogens is 3. The molecule has 0 saturated carbocycles. The van der Waals surface area contributed by atoms with Gasteiger partial charge < -0.3 is 10.4 Å². The third-order valence-electron chi connectivity index (χ3n) is 2.52. The first kappa shape index (κ1) is 17.4. The van der Waals surface area contributed by atoms with Crippen LogP contribution in [0.5, 0.6) is 0 Å². The Morgan fingerprint density at radius 1 is 1.32 bits per heavy atom. The number of ketones is 1. The second-order valence-corrected chi connectivity index (χ2v) is 7.46. The van der Waals surface area contributed by atoms with Crippen molar-refractivity contribution < 1.29 is 14.7 Å². The molecule has 1 aromatic carbocycles. The van der Waals surface area contributed by atoms with Gasteiger partial charge in [0.2, 0.25) is 0 Å². The average molecular weight is 599 g/mol. The van der Waals surface area contributed by atoms with E-state index in [1.54, 1.807) is 6.92 Å². The quantitative estimate of drug-likeness (QED) is 0.508. The molecule has 0 saturated heterocycles. The zero-order valence-corrected chi connectivity index (χ0v) is 16.7. The molecular formula is C12H12I3NO3. The van der Waals surface area contributed by atoms with Crippen molar-refractivity contribution in [1.29, 1.82) is 0 Å². The van der Waals surface area contributed by atoms with E-state index in [-0.39, 0.29) is 12.3 Å². The molecule has 0 spiro atoms. The maximum atomic E-state index is 11.2. The first-order valence-electron chi connectivity index (χ1n) is 5.39. The normalized spacial score (nSPS) is 12.1. The van der Waals surface area contributed by atoms with Gasteiger partial charge in [-0.2, -0.15) is 0 Å². The standard InChI is InChI=1S/C12H12I3NO3/c1-5(17)4-16-11-8(14)3-7(13)9(10(11)15)6(2)12(18)19/h3,6,16H,4H2,1-2H3,(H,18,19). The molecule has 0 heterocycles. The van der Waals surface area contributed by atoms with Crippen LogP contribution in [-0.4, -0.2) is 23.4 Å². The van der Waals surface area contributed by atoms with E-state index in [0.29, 0.717) is 0 Å². The topological polar surface area (TPSA) is 66.4 Å². The van der Waals surface area contributed by atoms with Crippen LogP contribution in [0.2, 0.25) is 0 Å². The maximum absolute atomic E-state index is 11.2. The largest absolute Gasteiger partial charge is 0.481 e. The Kier molecular flexibility index (Phi) is 6.76. The lowest BCUT2D eigenvalue weighted by atomic mass is 10.0. The number of carboxylic acids is 1. The third kappa shape index (κ3) is 4.41. The second-order valence-electron chi connectivity index (χ2n) is 4.06. The van der Waals surface area contributed by atoms with E-state index in [0.717, 1.165) is 22.0 Å². The molecule has 4 nitrogen and oxygen atoms in total. The highest BCUT2D eigenvalue weighted by Crippen LogP contribution is 2.35. The van der Waals surface area contributed by atoms with Crippen molar-refractivity contribution in [2.45, 2.75) is 19.8 Å². The molecule has 1 atom stereocenters. The van der Waals surface area contributed by atoms with Crippen LogP contribution in [0.15, 0.2) is 6.07 Å². The molecule has 19 heavy (non-hydrogen) atoms. The fraction of sp³-hybridized carbons (Fsp3) is 0.333. The molecule has 0 bridgehead atoms. The first-order valence-corrected chi connectivity index (χ1v) is 8.62. The molecule has 0 amide bonds. The van der Waals surface area contributed by atoms with Crippen molar-refractivity contribution in [3.8, 4) is 0 Å². The average Bonchev–Trinajstić information content (AvgIpc) is 2.27. The maximum Gasteiger partial charge on any atom is 0.310 e. The van der Waals surface area contributed by atoms with E-state index in [9.17, 15) is 14.7 Å². The van der Waals surface area contributed by atoms with Crippen molar-refractivity contribution in [2.24, 2.45) is 0 Å². The van der Waals surface area contributed by atoms with Gasteiger partial charge in [-0.05, 0) is 93.2 Å². The van der Waals surface area contributed by atoms with Crippen molar-refractivity contribution in [3.05, 3.63) is 22.3 Å². The highest BCUT2D eigenvalue weighted by atomic mass is 127. The predicted octanol–water partition coefficient (Wildman–Crippen LogP) is 3.69. The molecule has 104 valence electrons. The fourth-order valence-electron chi connectivity index (χ4n) is 1.50. The molecule has 0 aliphatic carbocycles. The molecule has 1 unspecified atom stereocenters. The lowest BCUT2D eigenvalue weighted by molar-refractivity contribution is -0.138. The zero-order valence-electron chi connectivity index (χ0n) is 10.3. The van der Waals surface area contributed by atoms with E-state index < -0.39 is 11.9 Å². The summed E-state index contributed by atoms with van der Waals surface area (Å²) < 4.78 is 2.77. The molecule has 1 rings (SSSR count). The lowest BCUT2D eigenvalue weighted by Crippen LogP contribution is -2.16. The van der Waals surface area contributed by atoms with Crippen LogP contribution in [0.4, 0.5) is 5.69 Å². The van der Waals surface area contributed by atoms with Gasteiger partial charge in [0.1, 0.15) is 5.78 Å². The molecule has 0 fully saturated rings. The number of anilines is 1. The minimum Gasteiger partial charge on any atom is -0.481 e. The number of rotatable bonds is 5. The summed E-state index contributed by atoms with van der Waals surface area (Å²) in [6.45, 7) is 3.43. The summed E-state index contributed by atoms with van der Waals surface area (Å²) in [5.74, 6) is -1.39. The molecule has 0 radical (unpaired) electrons. The van der Waals surface area contributed by atoms with E-state index in [1.807, 2.05) is 6.07 Å². The number of carbonyl (C=O) groups is 2. The van der Waals surface area contributed by atoms with Crippen molar-refractivity contribution in [3.63, 3.8) is 0 Å². The summed E-state index contributed by atoms with van der Waals surface area (Å²) >= 11 is 6.48. The van der Waals surface area contributed by atoms with Crippen LogP contribution < -0.4 is 5.32 Å². The fourth-order valence-corrected chi connectivity index (χ4v) is 6.19.